The predicted molar refractivity (Wildman–Crippen MR) is 95.5 cm³/mol. The van der Waals surface area contributed by atoms with Crippen LogP contribution in [0.2, 0.25) is 0 Å². The molecule has 1 amide bonds. The lowest BCUT2D eigenvalue weighted by Gasteiger charge is -2.43. The van der Waals surface area contributed by atoms with Crippen molar-refractivity contribution in [2.24, 2.45) is 0 Å². The lowest BCUT2D eigenvalue weighted by molar-refractivity contribution is -0.125. The minimum Gasteiger partial charge on any atom is -0.339 e. The smallest absolute Gasteiger partial charge is 0.247 e. The summed E-state index contributed by atoms with van der Waals surface area (Å²) in [6.45, 7) is 2.73. The van der Waals surface area contributed by atoms with Gasteiger partial charge in [-0.25, -0.2) is 8.78 Å². The van der Waals surface area contributed by atoms with Gasteiger partial charge in [0.25, 0.3) is 0 Å². The van der Waals surface area contributed by atoms with Gasteiger partial charge >= 0.3 is 0 Å². The van der Waals surface area contributed by atoms with E-state index in [1.807, 2.05) is 23.1 Å². The number of rotatable bonds is 3. The summed E-state index contributed by atoms with van der Waals surface area (Å²) >= 11 is 0. The lowest BCUT2D eigenvalue weighted by atomic mass is 9.85. The summed E-state index contributed by atoms with van der Waals surface area (Å²) in [6, 6.07) is 14.1. The molecule has 0 unspecified atom stereocenters. The van der Waals surface area contributed by atoms with Crippen LogP contribution >= 0.6 is 0 Å². The molecule has 2 aromatic carbocycles. The van der Waals surface area contributed by atoms with Gasteiger partial charge in [-0.05, 0) is 30.5 Å². The number of carbonyl (C=O) groups excluding carboxylic acids is 1. The average molecular weight is 357 g/mol. The number of amides is 1. The van der Waals surface area contributed by atoms with Gasteiger partial charge in [0, 0.05) is 31.4 Å². The molecular formula is C20H21F2N3O. The van der Waals surface area contributed by atoms with Crippen LogP contribution in [0, 0.1) is 11.6 Å². The number of halogens is 2. The number of hydrogen-bond donors (Lipinski definition) is 1. The van der Waals surface area contributed by atoms with Crippen molar-refractivity contribution in [1.29, 1.82) is 0 Å². The van der Waals surface area contributed by atoms with Crippen LogP contribution in [-0.4, -0.2) is 36.1 Å². The van der Waals surface area contributed by atoms with Gasteiger partial charge in [0.1, 0.15) is 5.54 Å². The van der Waals surface area contributed by atoms with Crippen molar-refractivity contribution >= 4 is 11.6 Å². The minimum absolute atomic E-state index is 0.0263. The number of nitrogens with one attached hydrogen (secondary N) is 1. The second-order valence-corrected chi connectivity index (χ2v) is 6.98. The molecular weight excluding hydrogens is 336 g/mol. The van der Waals surface area contributed by atoms with Gasteiger partial charge in [0.05, 0.1) is 6.67 Å². The van der Waals surface area contributed by atoms with Crippen LogP contribution in [0.4, 0.5) is 14.5 Å². The van der Waals surface area contributed by atoms with Gasteiger partial charge in [0.15, 0.2) is 11.6 Å². The first-order valence-corrected chi connectivity index (χ1v) is 8.86. The van der Waals surface area contributed by atoms with Crippen LogP contribution in [0.3, 0.4) is 0 Å². The van der Waals surface area contributed by atoms with Gasteiger partial charge in [-0.1, -0.05) is 30.3 Å². The summed E-state index contributed by atoms with van der Waals surface area (Å²) < 4.78 is 26.9. The molecule has 2 saturated heterocycles. The highest BCUT2D eigenvalue weighted by Gasteiger charge is 2.50. The number of anilines is 1. The number of nitrogens with zero attached hydrogens (tertiary/aromatic N) is 2. The van der Waals surface area contributed by atoms with E-state index >= 15 is 0 Å². The summed E-state index contributed by atoms with van der Waals surface area (Å²) in [4.78, 5) is 16.8. The van der Waals surface area contributed by atoms with Crippen molar-refractivity contribution in [2.45, 2.75) is 24.9 Å². The maximum Gasteiger partial charge on any atom is 0.247 e. The van der Waals surface area contributed by atoms with Gasteiger partial charge in [-0.2, -0.15) is 0 Å². The molecule has 2 aromatic rings. The monoisotopic (exact) mass is 357 g/mol. The zero-order chi connectivity index (χ0) is 18.1. The molecule has 2 aliphatic rings. The molecule has 136 valence electrons. The van der Waals surface area contributed by atoms with Crippen molar-refractivity contribution in [3.8, 4) is 0 Å². The fourth-order valence-corrected chi connectivity index (χ4v) is 4.00. The SMILES string of the molecule is O=C1NCN(c2ccc(F)c(F)c2)C12CCN(Cc1ccccc1)CC2. The molecule has 4 rings (SSSR count). The van der Waals surface area contributed by atoms with Crippen molar-refractivity contribution in [2.75, 3.05) is 24.7 Å². The Morgan fingerprint density at radius 2 is 1.73 bits per heavy atom. The third-order valence-electron chi connectivity index (χ3n) is 5.48. The second kappa shape index (κ2) is 6.68. The fourth-order valence-electron chi connectivity index (χ4n) is 4.00. The maximum absolute atomic E-state index is 13.7. The zero-order valence-electron chi connectivity index (χ0n) is 14.4. The van der Waals surface area contributed by atoms with Gasteiger partial charge < -0.3 is 10.2 Å². The van der Waals surface area contributed by atoms with E-state index < -0.39 is 17.2 Å². The molecule has 0 radical (unpaired) electrons. The van der Waals surface area contributed by atoms with E-state index in [0.717, 1.165) is 25.7 Å². The minimum atomic E-state index is -0.890. The van der Waals surface area contributed by atoms with E-state index in [0.29, 0.717) is 25.2 Å². The van der Waals surface area contributed by atoms with Crippen molar-refractivity contribution < 1.29 is 13.6 Å². The third kappa shape index (κ3) is 2.94. The quantitative estimate of drug-likeness (QED) is 0.918. The Labute approximate surface area is 151 Å². The highest BCUT2D eigenvalue weighted by atomic mass is 19.2. The van der Waals surface area contributed by atoms with Crippen LogP contribution in [0.5, 0.6) is 0 Å². The molecule has 26 heavy (non-hydrogen) atoms. The van der Waals surface area contributed by atoms with Gasteiger partial charge in [-0.15, -0.1) is 0 Å². The number of piperidine rings is 1. The topological polar surface area (TPSA) is 35.6 Å². The third-order valence-corrected chi connectivity index (χ3v) is 5.48. The highest BCUT2D eigenvalue weighted by molar-refractivity contribution is 5.93. The number of benzene rings is 2. The first-order valence-electron chi connectivity index (χ1n) is 8.86. The van der Waals surface area contributed by atoms with E-state index in [1.54, 1.807) is 0 Å². The summed E-state index contributed by atoms with van der Waals surface area (Å²) in [6.07, 6.45) is 1.31. The molecule has 0 bridgehead atoms. The van der Waals surface area contributed by atoms with Crippen LogP contribution in [0.1, 0.15) is 18.4 Å². The molecule has 0 saturated carbocycles. The van der Waals surface area contributed by atoms with Crippen LogP contribution in [0.25, 0.3) is 0 Å². The second-order valence-electron chi connectivity index (χ2n) is 6.98. The molecule has 1 N–H and O–H groups in total. The van der Waals surface area contributed by atoms with E-state index in [1.165, 1.54) is 17.7 Å². The molecule has 4 nitrogen and oxygen atoms in total. The zero-order valence-corrected chi connectivity index (χ0v) is 14.4. The molecule has 2 fully saturated rings. The molecule has 0 aromatic heterocycles. The first kappa shape index (κ1) is 17.0. The average Bonchev–Trinajstić information content (AvgIpc) is 2.97. The molecule has 6 heteroatoms. The van der Waals surface area contributed by atoms with Crippen molar-refractivity contribution in [3.05, 3.63) is 65.7 Å². The number of carbonyl (C=O) groups is 1. The van der Waals surface area contributed by atoms with E-state index in [4.69, 9.17) is 0 Å². The van der Waals surface area contributed by atoms with Crippen molar-refractivity contribution in [1.82, 2.24) is 10.2 Å². The Kier molecular flexibility index (Phi) is 4.36. The van der Waals surface area contributed by atoms with Crippen LogP contribution < -0.4 is 10.2 Å². The first-order chi connectivity index (χ1) is 12.6. The van der Waals surface area contributed by atoms with Crippen LogP contribution in [-0.2, 0) is 11.3 Å². The standard InChI is InChI=1S/C20H21F2N3O/c21-17-7-6-16(12-18(17)22)25-14-23-19(26)20(25)8-10-24(11-9-20)13-15-4-2-1-3-5-15/h1-7,12H,8-11,13-14H2,(H,23,26). The van der Waals surface area contributed by atoms with Gasteiger partial charge in [0.2, 0.25) is 5.91 Å². The molecule has 2 heterocycles. The number of hydrogen-bond acceptors (Lipinski definition) is 3. The lowest BCUT2D eigenvalue weighted by Crippen LogP contribution is -2.56. The summed E-state index contributed by atoms with van der Waals surface area (Å²) in [5.41, 5.74) is 1.10. The summed E-state index contributed by atoms with van der Waals surface area (Å²) in [5, 5.41) is 2.88. The Hall–Kier alpha value is -2.47. The van der Waals surface area contributed by atoms with E-state index in [2.05, 4.69) is 22.3 Å². The van der Waals surface area contributed by atoms with Crippen LogP contribution in [0.15, 0.2) is 48.5 Å². The Balaban J connectivity index is 1.51. The largest absolute Gasteiger partial charge is 0.339 e. The molecule has 0 atom stereocenters. The molecule has 2 aliphatic heterocycles. The summed E-state index contributed by atoms with van der Waals surface area (Å²) in [7, 11) is 0. The normalized spacial score (nSPS) is 19.8. The Bertz CT molecular complexity index is 804. The van der Waals surface area contributed by atoms with E-state index in [9.17, 15) is 13.6 Å². The fraction of sp³-hybridized carbons (Fsp3) is 0.350. The Morgan fingerprint density at radius 1 is 1.00 bits per heavy atom. The van der Waals surface area contributed by atoms with Gasteiger partial charge in [-0.3, -0.25) is 9.69 Å². The highest BCUT2D eigenvalue weighted by Crippen LogP contribution is 2.37. The summed E-state index contributed by atoms with van der Waals surface area (Å²) in [5.74, 6) is -1.79. The predicted octanol–water partition coefficient (Wildman–Crippen LogP) is 2.89. The molecule has 0 aliphatic carbocycles. The van der Waals surface area contributed by atoms with E-state index in [-0.39, 0.29) is 5.91 Å². The Morgan fingerprint density at radius 3 is 2.42 bits per heavy atom. The molecule has 1 spiro atoms. The number of likely N-dealkylation sites (tertiary alicyclic amines) is 1. The van der Waals surface area contributed by atoms with Crippen molar-refractivity contribution in [3.63, 3.8) is 0 Å². The maximum atomic E-state index is 13.7.